The first-order valence-electron chi connectivity index (χ1n) is 2.94. The summed E-state index contributed by atoms with van der Waals surface area (Å²) in [6.07, 6.45) is 1.67. The van der Waals surface area contributed by atoms with Gasteiger partial charge in [-0.1, -0.05) is 11.2 Å². The molecular weight excluding hydrogens is 208 g/mol. The van der Waals surface area contributed by atoms with Crippen molar-refractivity contribution in [3.63, 3.8) is 0 Å². The monoisotopic (exact) mass is 212 g/mol. The van der Waals surface area contributed by atoms with Crippen LogP contribution in [-0.4, -0.2) is 4.98 Å². The van der Waals surface area contributed by atoms with E-state index in [9.17, 15) is 0 Å². The summed E-state index contributed by atoms with van der Waals surface area (Å²) in [6, 6.07) is 3.66. The molecule has 0 saturated carbocycles. The molecule has 11 heavy (non-hydrogen) atoms. The summed E-state index contributed by atoms with van der Waals surface area (Å²) in [5.41, 5.74) is 8.92. The van der Waals surface area contributed by atoms with Gasteiger partial charge in [0.15, 0.2) is 0 Å². The molecule has 1 heterocycles. The Morgan fingerprint density at radius 1 is 1.64 bits per heavy atom. The number of aromatic nitrogens is 1. The molecule has 56 valence electrons. The fourth-order valence-electron chi connectivity index (χ4n) is 0.613. The maximum absolute atomic E-state index is 8.01. The van der Waals surface area contributed by atoms with Crippen LogP contribution in [0.5, 0.6) is 0 Å². The highest BCUT2D eigenvalue weighted by Gasteiger charge is 1.89. The van der Waals surface area contributed by atoms with E-state index in [0.717, 1.165) is 10.2 Å². The second kappa shape index (κ2) is 3.95. The molecule has 0 aromatic carbocycles. The SMILES string of the molecule is [N-]=[N+]=NCc1ccc(Br)nc1. The summed E-state index contributed by atoms with van der Waals surface area (Å²) in [5, 5.41) is 3.40. The maximum atomic E-state index is 8.01. The fourth-order valence-corrected chi connectivity index (χ4v) is 0.848. The van der Waals surface area contributed by atoms with Crippen molar-refractivity contribution in [3.8, 4) is 0 Å². The van der Waals surface area contributed by atoms with Gasteiger partial charge in [0.25, 0.3) is 0 Å². The van der Waals surface area contributed by atoms with Crippen molar-refractivity contribution in [2.75, 3.05) is 0 Å². The molecule has 1 rings (SSSR count). The van der Waals surface area contributed by atoms with Crippen molar-refractivity contribution in [2.45, 2.75) is 6.54 Å². The van der Waals surface area contributed by atoms with Crippen LogP contribution in [0.15, 0.2) is 28.0 Å². The van der Waals surface area contributed by atoms with Gasteiger partial charge >= 0.3 is 0 Å². The molecule has 0 aliphatic heterocycles. The molecule has 0 fully saturated rings. The van der Waals surface area contributed by atoms with Gasteiger partial charge in [0.2, 0.25) is 0 Å². The third-order valence-electron chi connectivity index (χ3n) is 1.11. The molecule has 0 spiro atoms. The van der Waals surface area contributed by atoms with E-state index in [4.69, 9.17) is 5.53 Å². The van der Waals surface area contributed by atoms with Crippen LogP contribution in [0, 0.1) is 0 Å². The molecule has 0 amide bonds. The molecule has 4 nitrogen and oxygen atoms in total. The topological polar surface area (TPSA) is 61.7 Å². The molecule has 5 heteroatoms. The number of rotatable bonds is 2. The first-order valence-corrected chi connectivity index (χ1v) is 3.73. The highest BCUT2D eigenvalue weighted by atomic mass is 79.9. The van der Waals surface area contributed by atoms with Crippen LogP contribution in [0.2, 0.25) is 0 Å². The van der Waals surface area contributed by atoms with Gasteiger partial charge in [-0.2, -0.15) is 0 Å². The van der Waals surface area contributed by atoms with Crippen LogP contribution >= 0.6 is 15.9 Å². The zero-order valence-corrected chi connectivity index (χ0v) is 7.19. The van der Waals surface area contributed by atoms with Crippen LogP contribution in [0.25, 0.3) is 10.4 Å². The van der Waals surface area contributed by atoms with E-state index in [2.05, 4.69) is 30.9 Å². The standard InChI is InChI=1S/C6H5BrN4/c7-6-2-1-5(3-9-6)4-10-11-8/h1-3H,4H2. The normalized spacial score (nSPS) is 8.82. The van der Waals surface area contributed by atoms with Crippen LogP contribution in [0.3, 0.4) is 0 Å². The molecule has 0 unspecified atom stereocenters. The molecule has 0 aliphatic carbocycles. The average molecular weight is 213 g/mol. The van der Waals surface area contributed by atoms with Crippen LogP contribution < -0.4 is 0 Å². The Hall–Kier alpha value is -1.06. The van der Waals surface area contributed by atoms with E-state index < -0.39 is 0 Å². The summed E-state index contributed by atoms with van der Waals surface area (Å²) in [4.78, 5) is 6.60. The first kappa shape index (κ1) is 8.04. The number of azide groups is 1. The van der Waals surface area contributed by atoms with Gasteiger partial charge in [-0.15, -0.1) is 0 Å². The average Bonchev–Trinajstić information content (AvgIpc) is 2.04. The fraction of sp³-hybridized carbons (Fsp3) is 0.167. The Morgan fingerprint density at radius 2 is 2.45 bits per heavy atom. The zero-order valence-electron chi connectivity index (χ0n) is 5.61. The van der Waals surface area contributed by atoms with Crippen molar-refractivity contribution < 1.29 is 0 Å². The third kappa shape index (κ3) is 2.57. The van der Waals surface area contributed by atoms with Crippen molar-refractivity contribution >= 4 is 15.9 Å². The molecule has 0 atom stereocenters. The Kier molecular flexibility index (Phi) is 2.89. The van der Waals surface area contributed by atoms with Gasteiger partial charge in [0, 0.05) is 11.1 Å². The quantitative estimate of drug-likeness (QED) is 0.322. The Morgan fingerprint density at radius 3 is 3.00 bits per heavy atom. The third-order valence-corrected chi connectivity index (χ3v) is 1.57. The van der Waals surface area contributed by atoms with E-state index in [1.165, 1.54) is 0 Å². The molecule has 0 radical (unpaired) electrons. The molecular formula is C6H5BrN4. The van der Waals surface area contributed by atoms with Gasteiger partial charge in [-0.25, -0.2) is 4.98 Å². The lowest BCUT2D eigenvalue weighted by atomic mass is 10.3. The van der Waals surface area contributed by atoms with Gasteiger partial charge in [0.05, 0.1) is 6.54 Å². The summed E-state index contributed by atoms with van der Waals surface area (Å²) < 4.78 is 0.780. The van der Waals surface area contributed by atoms with Gasteiger partial charge in [-0.05, 0) is 33.1 Å². The number of hydrogen-bond acceptors (Lipinski definition) is 2. The highest BCUT2D eigenvalue weighted by Crippen LogP contribution is 2.06. The lowest BCUT2D eigenvalue weighted by Crippen LogP contribution is -1.81. The van der Waals surface area contributed by atoms with Gasteiger partial charge < -0.3 is 0 Å². The van der Waals surface area contributed by atoms with Gasteiger partial charge in [-0.3, -0.25) is 0 Å². The van der Waals surface area contributed by atoms with Crippen molar-refractivity contribution in [3.05, 3.63) is 38.9 Å². The van der Waals surface area contributed by atoms with Crippen molar-refractivity contribution in [1.29, 1.82) is 0 Å². The Balaban J connectivity index is 2.73. The lowest BCUT2D eigenvalue weighted by molar-refractivity contribution is 1.02. The predicted octanol–water partition coefficient (Wildman–Crippen LogP) is 2.65. The van der Waals surface area contributed by atoms with E-state index >= 15 is 0 Å². The minimum atomic E-state index is 0.358. The molecule has 0 bridgehead atoms. The zero-order chi connectivity index (χ0) is 8.10. The second-order valence-electron chi connectivity index (χ2n) is 1.88. The van der Waals surface area contributed by atoms with E-state index in [-0.39, 0.29) is 0 Å². The number of hydrogen-bond donors (Lipinski definition) is 0. The maximum Gasteiger partial charge on any atom is 0.106 e. The number of nitrogens with zero attached hydrogens (tertiary/aromatic N) is 4. The minimum Gasteiger partial charge on any atom is -0.249 e. The van der Waals surface area contributed by atoms with E-state index in [0.29, 0.717) is 6.54 Å². The van der Waals surface area contributed by atoms with Crippen molar-refractivity contribution in [2.24, 2.45) is 5.11 Å². The summed E-state index contributed by atoms with van der Waals surface area (Å²) in [5.74, 6) is 0. The molecule has 0 N–H and O–H groups in total. The number of halogens is 1. The second-order valence-corrected chi connectivity index (χ2v) is 2.69. The Labute approximate surface area is 72.0 Å². The minimum absolute atomic E-state index is 0.358. The molecule has 0 saturated heterocycles. The largest absolute Gasteiger partial charge is 0.249 e. The van der Waals surface area contributed by atoms with E-state index in [1.807, 2.05) is 12.1 Å². The summed E-state index contributed by atoms with van der Waals surface area (Å²) in [6.45, 7) is 0.358. The molecule has 0 aliphatic rings. The van der Waals surface area contributed by atoms with Crippen LogP contribution in [0.1, 0.15) is 5.56 Å². The van der Waals surface area contributed by atoms with Gasteiger partial charge in [0.1, 0.15) is 4.60 Å². The lowest BCUT2D eigenvalue weighted by Gasteiger charge is -1.92. The summed E-state index contributed by atoms with van der Waals surface area (Å²) >= 11 is 3.20. The predicted molar refractivity (Wildman–Crippen MR) is 44.8 cm³/mol. The summed E-state index contributed by atoms with van der Waals surface area (Å²) in [7, 11) is 0. The first-order chi connectivity index (χ1) is 5.33. The van der Waals surface area contributed by atoms with E-state index in [1.54, 1.807) is 6.20 Å². The molecule has 1 aromatic heterocycles. The van der Waals surface area contributed by atoms with Crippen LogP contribution in [0.4, 0.5) is 0 Å². The smallest absolute Gasteiger partial charge is 0.106 e. The van der Waals surface area contributed by atoms with Crippen molar-refractivity contribution in [1.82, 2.24) is 4.98 Å². The molecule has 1 aromatic rings. The highest BCUT2D eigenvalue weighted by molar-refractivity contribution is 9.10. The van der Waals surface area contributed by atoms with Crippen LogP contribution in [-0.2, 0) is 6.54 Å². The number of pyridine rings is 1. The Bertz CT molecular complexity index is 275.